The van der Waals surface area contributed by atoms with Crippen molar-refractivity contribution in [3.05, 3.63) is 60.4 Å². The highest BCUT2D eigenvalue weighted by molar-refractivity contribution is 5.65. The lowest BCUT2D eigenvalue weighted by molar-refractivity contribution is -0.688. The number of carbonyl (C=O) groups is 1. The molecule has 0 unspecified atom stereocenters. The van der Waals surface area contributed by atoms with E-state index in [1.807, 2.05) is 42.7 Å². The van der Waals surface area contributed by atoms with E-state index >= 15 is 0 Å². The van der Waals surface area contributed by atoms with Gasteiger partial charge >= 0.3 is 6.09 Å². The van der Waals surface area contributed by atoms with Crippen LogP contribution in [0.2, 0.25) is 0 Å². The van der Waals surface area contributed by atoms with Crippen LogP contribution in [0.3, 0.4) is 0 Å². The molecular weight excluding hydrogens is 292 g/mol. The monoisotopic (exact) mass is 313 g/mol. The summed E-state index contributed by atoms with van der Waals surface area (Å²) >= 11 is 0. The van der Waals surface area contributed by atoms with Gasteiger partial charge in [0.05, 0.1) is 0 Å². The Morgan fingerprint density at radius 1 is 1.13 bits per heavy atom. The molecule has 1 aromatic carbocycles. The van der Waals surface area contributed by atoms with E-state index < -0.39 is 6.09 Å². The van der Waals surface area contributed by atoms with Crippen molar-refractivity contribution in [2.24, 2.45) is 0 Å². The van der Waals surface area contributed by atoms with Gasteiger partial charge in [-0.25, -0.2) is 9.36 Å². The third-order valence-corrected chi connectivity index (χ3v) is 4.08. The van der Waals surface area contributed by atoms with Crippen molar-refractivity contribution in [1.29, 1.82) is 0 Å². The fraction of sp³-hybridized carbons (Fsp3) is 0.333. The van der Waals surface area contributed by atoms with E-state index in [0.29, 0.717) is 13.1 Å². The summed E-state index contributed by atoms with van der Waals surface area (Å²) in [5.41, 5.74) is 1.26. The Hall–Kier alpha value is -2.56. The zero-order chi connectivity index (χ0) is 16.1. The van der Waals surface area contributed by atoms with E-state index in [4.69, 9.17) is 9.84 Å². The van der Waals surface area contributed by atoms with Gasteiger partial charge in [-0.1, -0.05) is 30.3 Å². The van der Waals surface area contributed by atoms with Crippen molar-refractivity contribution in [1.82, 2.24) is 4.90 Å². The van der Waals surface area contributed by atoms with Crippen LogP contribution in [0, 0.1) is 0 Å². The molecule has 2 heterocycles. The summed E-state index contributed by atoms with van der Waals surface area (Å²) in [5, 5.41) is 8.95. The van der Waals surface area contributed by atoms with Crippen molar-refractivity contribution in [3.63, 3.8) is 0 Å². The van der Waals surface area contributed by atoms with Crippen molar-refractivity contribution < 1.29 is 19.2 Å². The van der Waals surface area contributed by atoms with Crippen LogP contribution >= 0.6 is 0 Å². The summed E-state index contributed by atoms with van der Waals surface area (Å²) in [4.78, 5) is 12.3. The molecule has 1 saturated heterocycles. The van der Waals surface area contributed by atoms with E-state index in [0.717, 1.165) is 25.1 Å². The largest absolute Gasteiger partial charge is 0.490 e. The summed E-state index contributed by atoms with van der Waals surface area (Å²) in [6, 6.07) is 14.2. The van der Waals surface area contributed by atoms with E-state index in [1.54, 1.807) is 0 Å². The van der Waals surface area contributed by atoms with Gasteiger partial charge in [0.2, 0.25) is 0 Å². The summed E-state index contributed by atoms with van der Waals surface area (Å²) in [6.07, 6.45) is 4.75. The van der Waals surface area contributed by atoms with E-state index in [9.17, 15) is 4.79 Å². The molecule has 5 nitrogen and oxygen atoms in total. The predicted octanol–water partition coefficient (Wildman–Crippen LogP) is 2.54. The maximum Gasteiger partial charge on any atom is 0.407 e. The number of nitrogens with zero attached hydrogens (tertiary/aromatic N) is 2. The molecule has 1 aliphatic rings. The van der Waals surface area contributed by atoms with Crippen LogP contribution in [0.4, 0.5) is 4.79 Å². The molecule has 1 amide bonds. The topological polar surface area (TPSA) is 53.6 Å². The highest BCUT2D eigenvalue weighted by Crippen LogP contribution is 2.18. The van der Waals surface area contributed by atoms with Gasteiger partial charge in [-0.05, 0) is 0 Å². The van der Waals surface area contributed by atoms with Gasteiger partial charge in [0.25, 0.3) is 0 Å². The molecule has 1 aliphatic heterocycles. The van der Waals surface area contributed by atoms with Crippen LogP contribution in [-0.4, -0.2) is 35.3 Å². The molecule has 0 aliphatic carbocycles. The van der Waals surface area contributed by atoms with Crippen LogP contribution in [0.5, 0.6) is 5.75 Å². The molecule has 1 fully saturated rings. The van der Waals surface area contributed by atoms with Crippen LogP contribution in [-0.2, 0) is 6.54 Å². The first-order valence-corrected chi connectivity index (χ1v) is 7.88. The summed E-state index contributed by atoms with van der Waals surface area (Å²) in [6.45, 7) is 1.92. The number of pyridine rings is 1. The number of ether oxygens (including phenoxy) is 1. The standard InChI is InChI=1S/C18H20N2O3/c21-18(22)20-12-8-17(9-13-20)23-16-6-10-19(11-7-16)14-15-4-2-1-3-5-15/h1-7,10-11,17H,8-9,12-14H2/p+1. The maximum absolute atomic E-state index is 10.9. The normalized spacial score (nSPS) is 15.4. The first-order chi connectivity index (χ1) is 11.2. The molecule has 5 heteroatoms. The Kier molecular flexibility index (Phi) is 4.76. The molecule has 120 valence electrons. The number of hydrogen-bond donors (Lipinski definition) is 1. The van der Waals surface area contributed by atoms with E-state index in [-0.39, 0.29) is 6.10 Å². The smallest absolute Gasteiger partial charge is 0.407 e. The van der Waals surface area contributed by atoms with Gasteiger partial charge in [0.1, 0.15) is 11.9 Å². The fourth-order valence-corrected chi connectivity index (χ4v) is 2.78. The molecule has 1 N–H and O–H groups in total. The van der Waals surface area contributed by atoms with E-state index in [1.165, 1.54) is 10.5 Å². The molecule has 23 heavy (non-hydrogen) atoms. The average molecular weight is 313 g/mol. The van der Waals surface area contributed by atoms with Crippen molar-refractivity contribution in [3.8, 4) is 5.75 Å². The molecule has 0 bridgehead atoms. The van der Waals surface area contributed by atoms with Crippen molar-refractivity contribution >= 4 is 6.09 Å². The third kappa shape index (κ3) is 4.22. The molecule has 3 rings (SSSR count). The number of benzene rings is 1. The zero-order valence-electron chi connectivity index (χ0n) is 13.0. The van der Waals surface area contributed by atoms with E-state index in [2.05, 4.69) is 16.7 Å². The second-order valence-electron chi connectivity index (χ2n) is 5.78. The van der Waals surface area contributed by atoms with Gasteiger partial charge in [-0.15, -0.1) is 0 Å². The number of aromatic nitrogens is 1. The minimum atomic E-state index is -0.842. The molecular formula is C18H21N2O3+. The molecule has 0 spiro atoms. The average Bonchev–Trinajstić information content (AvgIpc) is 2.58. The van der Waals surface area contributed by atoms with Crippen molar-refractivity contribution in [2.75, 3.05) is 13.1 Å². The maximum atomic E-state index is 10.9. The number of piperidine rings is 1. The number of hydrogen-bond acceptors (Lipinski definition) is 2. The Morgan fingerprint density at radius 2 is 1.78 bits per heavy atom. The van der Waals surface area contributed by atoms with Crippen LogP contribution in [0.1, 0.15) is 18.4 Å². The van der Waals surface area contributed by atoms with Crippen LogP contribution in [0.15, 0.2) is 54.9 Å². The number of rotatable bonds is 4. The van der Waals surface area contributed by atoms with Gasteiger partial charge in [0.15, 0.2) is 18.9 Å². The lowest BCUT2D eigenvalue weighted by Gasteiger charge is -2.30. The Labute approximate surface area is 135 Å². The Morgan fingerprint density at radius 3 is 2.39 bits per heavy atom. The Balaban J connectivity index is 1.53. The first-order valence-electron chi connectivity index (χ1n) is 7.88. The summed E-state index contributed by atoms with van der Waals surface area (Å²) in [5.74, 6) is 0.836. The second-order valence-corrected chi connectivity index (χ2v) is 5.78. The van der Waals surface area contributed by atoms with Gasteiger partial charge in [0, 0.05) is 43.6 Å². The van der Waals surface area contributed by atoms with Crippen LogP contribution < -0.4 is 9.30 Å². The summed E-state index contributed by atoms with van der Waals surface area (Å²) in [7, 11) is 0. The number of carboxylic acid groups (broad SMARTS) is 1. The highest BCUT2D eigenvalue weighted by atomic mass is 16.5. The molecule has 0 saturated carbocycles. The third-order valence-electron chi connectivity index (χ3n) is 4.08. The number of likely N-dealkylation sites (tertiary alicyclic amines) is 1. The van der Waals surface area contributed by atoms with Gasteiger partial charge < -0.3 is 14.7 Å². The second kappa shape index (κ2) is 7.13. The molecule has 0 radical (unpaired) electrons. The molecule has 2 aromatic rings. The minimum absolute atomic E-state index is 0.0931. The lowest BCUT2D eigenvalue weighted by atomic mass is 10.1. The highest BCUT2D eigenvalue weighted by Gasteiger charge is 2.23. The first kappa shape index (κ1) is 15.3. The fourth-order valence-electron chi connectivity index (χ4n) is 2.78. The minimum Gasteiger partial charge on any atom is -0.490 e. The quantitative estimate of drug-likeness (QED) is 0.883. The molecule has 0 atom stereocenters. The predicted molar refractivity (Wildman–Crippen MR) is 85.4 cm³/mol. The van der Waals surface area contributed by atoms with Gasteiger partial charge in [-0.2, -0.15) is 0 Å². The molecule has 1 aromatic heterocycles. The van der Waals surface area contributed by atoms with Crippen LogP contribution in [0.25, 0.3) is 0 Å². The number of amides is 1. The SMILES string of the molecule is O=C(O)N1CCC(Oc2cc[n+](Cc3ccccc3)cc2)CC1. The van der Waals surface area contributed by atoms with Gasteiger partial charge in [-0.3, -0.25) is 0 Å². The van der Waals surface area contributed by atoms with Crippen molar-refractivity contribution in [2.45, 2.75) is 25.5 Å². The zero-order valence-corrected chi connectivity index (χ0v) is 13.0. The lowest BCUT2D eigenvalue weighted by Crippen LogP contribution is -2.41. The Bertz CT molecular complexity index is 635. The summed E-state index contributed by atoms with van der Waals surface area (Å²) < 4.78 is 8.06.